The minimum atomic E-state index is -4.53. The van der Waals surface area contributed by atoms with Gasteiger partial charge in [0, 0.05) is 11.4 Å². The molecule has 0 bridgehead atoms. The Morgan fingerprint density at radius 2 is 1.78 bits per heavy atom. The summed E-state index contributed by atoms with van der Waals surface area (Å²) in [6.45, 7) is 1.53. The Bertz CT molecular complexity index is 908. The average Bonchev–Trinajstić information content (AvgIpc) is 2.61. The van der Waals surface area contributed by atoms with E-state index in [0.29, 0.717) is 5.69 Å². The van der Waals surface area contributed by atoms with Crippen LogP contribution in [-0.2, 0) is 11.0 Å². The van der Waals surface area contributed by atoms with Gasteiger partial charge >= 0.3 is 12.2 Å². The van der Waals surface area contributed by atoms with Gasteiger partial charge in [-0.15, -0.1) is 0 Å². The van der Waals surface area contributed by atoms with Crippen molar-refractivity contribution in [1.82, 2.24) is 10.6 Å². The van der Waals surface area contributed by atoms with Crippen LogP contribution >= 0.6 is 0 Å². The molecule has 1 aliphatic rings. The van der Waals surface area contributed by atoms with Crippen molar-refractivity contribution in [2.75, 3.05) is 5.32 Å². The molecule has 0 saturated carbocycles. The van der Waals surface area contributed by atoms with Crippen LogP contribution in [0.2, 0.25) is 0 Å². The summed E-state index contributed by atoms with van der Waals surface area (Å²) in [7, 11) is 0. The van der Waals surface area contributed by atoms with Gasteiger partial charge in [-0.05, 0) is 36.8 Å². The van der Waals surface area contributed by atoms with Crippen LogP contribution < -0.4 is 16.0 Å². The number of carbonyl (C=O) groups is 2. The van der Waals surface area contributed by atoms with E-state index in [9.17, 15) is 22.8 Å². The molecule has 0 aromatic heterocycles. The zero-order valence-corrected chi connectivity index (χ0v) is 14.2. The van der Waals surface area contributed by atoms with E-state index in [4.69, 9.17) is 0 Å². The van der Waals surface area contributed by atoms with E-state index >= 15 is 0 Å². The molecule has 0 spiro atoms. The number of carbonyl (C=O) groups excluding carboxylic acids is 2. The molecule has 140 valence electrons. The normalized spacial score (nSPS) is 17.2. The summed E-state index contributed by atoms with van der Waals surface area (Å²) in [5.74, 6) is -0.520. The van der Waals surface area contributed by atoms with Crippen molar-refractivity contribution in [3.05, 3.63) is 77.0 Å². The average molecular weight is 375 g/mol. The number of hydrogen-bond donors (Lipinski definition) is 3. The van der Waals surface area contributed by atoms with E-state index in [1.807, 2.05) is 0 Å². The van der Waals surface area contributed by atoms with Gasteiger partial charge in [0.2, 0.25) is 0 Å². The number of benzene rings is 2. The molecule has 0 radical (unpaired) electrons. The smallest absolute Gasteiger partial charge is 0.327 e. The molecule has 3 N–H and O–H groups in total. The van der Waals surface area contributed by atoms with Crippen LogP contribution in [-0.4, -0.2) is 11.9 Å². The third-order valence-corrected chi connectivity index (χ3v) is 4.09. The number of hydrogen-bond acceptors (Lipinski definition) is 2. The van der Waals surface area contributed by atoms with Crippen LogP contribution in [0.4, 0.5) is 23.7 Å². The third-order valence-electron chi connectivity index (χ3n) is 4.09. The highest BCUT2D eigenvalue weighted by molar-refractivity contribution is 6.06. The van der Waals surface area contributed by atoms with Gasteiger partial charge in [0.25, 0.3) is 5.91 Å². The van der Waals surface area contributed by atoms with Crippen LogP contribution in [0, 0.1) is 0 Å². The van der Waals surface area contributed by atoms with Crippen molar-refractivity contribution >= 4 is 17.6 Å². The Morgan fingerprint density at radius 1 is 1.07 bits per heavy atom. The zero-order chi connectivity index (χ0) is 19.6. The maximum atomic E-state index is 13.0. The second-order valence-electron chi connectivity index (χ2n) is 6.01. The Labute approximate surface area is 153 Å². The number of urea groups is 1. The Kier molecular flexibility index (Phi) is 4.89. The molecular formula is C19H16F3N3O2. The molecule has 27 heavy (non-hydrogen) atoms. The van der Waals surface area contributed by atoms with Crippen molar-refractivity contribution in [2.45, 2.75) is 19.1 Å². The first-order valence-corrected chi connectivity index (χ1v) is 8.07. The van der Waals surface area contributed by atoms with Crippen molar-refractivity contribution in [2.24, 2.45) is 0 Å². The van der Waals surface area contributed by atoms with Gasteiger partial charge < -0.3 is 16.0 Å². The zero-order valence-electron chi connectivity index (χ0n) is 14.2. The van der Waals surface area contributed by atoms with Gasteiger partial charge in [-0.3, -0.25) is 4.79 Å². The number of nitrogens with one attached hydrogen (secondary N) is 3. The van der Waals surface area contributed by atoms with Crippen LogP contribution in [0.5, 0.6) is 0 Å². The molecule has 0 unspecified atom stereocenters. The first-order chi connectivity index (χ1) is 12.8. The van der Waals surface area contributed by atoms with Crippen LogP contribution in [0.1, 0.15) is 24.1 Å². The predicted molar refractivity (Wildman–Crippen MR) is 93.6 cm³/mol. The lowest BCUT2D eigenvalue weighted by molar-refractivity contribution is -0.137. The number of alkyl halides is 3. The van der Waals surface area contributed by atoms with Crippen molar-refractivity contribution in [3.63, 3.8) is 0 Å². The van der Waals surface area contributed by atoms with Crippen molar-refractivity contribution in [3.8, 4) is 0 Å². The molecule has 1 atom stereocenters. The summed E-state index contributed by atoms with van der Waals surface area (Å²) in [5, 5.41) is 7.70. The minimum absolute atomic E-state index is 0.137. The van der Waals surface area contributed by atoms with Gasteiger partial charge in [0.05, 0.1) is 17.2 Å². The van der Waals surface area contributed by atoms with Gasteiger partial charge in [0.1, 0.15) is 0 Å². The lowest BCUT2D eigenvalue weighted by atomic mass is 9.93. The molecule has 1 aliphatic heterocycles. The highest BCUT2D eigenvalue weighted by Crippen LogP contribution is 2.33. The summed E-state index contributed by atoms with van der Waals surface area (Å²) in [6.07, 6.45) is -4.53. The number of halogens is 3. The molecule has 3 rings (SSSR count). The Morgan fingerprint density at radius 3 is 2.44 bits per heavy atom. The molecule has 1 heterocycles. The first kappa shape index (κ1) is 18.5. The van der Waals surface area contributed by atoms with Crippen molar-refractivity contribution in [1.29, 1.82) is 0 Å². The summed E-state index contributed by atoms with van der Waals surface area (Å²) < 4.78 is 39.1. The van der Waals surface area contributed by atoms with Crippen LogP contribution in [0.15, 0.2) is 65.9 Å². The molecule has 0 saturated heterocycles. The lowest BCUT2D eigenvalue weighted by Gasteiger charge is -2.29. The van der Waals surface area contributed by atoms with E-state index in [1.165, 1.54) is 19.1 Å². The SMILES string of the molecule is CC1=C(C(=O)Nc2ccccc2)[C@@H](c2cccc(C(F)(F)F)c2)NC(=O)N1. The number of allylic oxidation sites excluding steroid dienone is 1. The molecule has 0 fully saturated rings. The molecule has 2 aromatic rings. The number of rotatable bonds is 3. The topological polar surface area (TPSA) is 70.2 Å². The lowest BCUT2D eigenvalue weighted by Crippen LogP contribution is -2.46. The second-order valence-corrected chi connectivity index (χ2v) is 6.01. The molecular weight excluding hydrogens is 359 g/mol. The number of para-hydroxylation sites is 1. The van der Waals surface area contributed by atoms with E-state index in [1.54, 1.807) is 30.3 Å². The summed E-state index contributed by atoms with van der Waals surface area (Å²) in [5.41, 5.74) is 0.250. The van der Waals surface area contributed by atoms with E-state index in [0.717, 1.165) is 12.1 Å². The highest BCUT2D eigenvalue weighted by atomic mass is 19.4. The maximum Gasteiger partial charge on any atom is 0.416 e. The fourth-order valence-corrected chi connectivity index (χ4v) is 2.86. The van der Waals surface area contributed by atoms with Crippen molar-refractivity contribution < 1.29 is 22.8 Å². The van der Waals surface area contributed by atoms with Gasteiger partial charge in [-0.2, -0.15) is 13.2 Å². The fourth-order valence-electron chi connectivity index (χ4n) is 2.86. The standard InChI is InChI=1S/C19H16F3N3O2/c1-11-15(17(26)24-14-8-3-2-4-9-14)16(25-18(27)23-11)12-6-5-7-13(10-12)19(20,21)22/h2-10,16H,1H3,(H,24,26)(H2,23,25,27)/t16-/m1/s1. The van der Waals surface area contributed by atoms with Gasteiger partial charge in [-0.25, -0.2) is 4.79 Å². The molecule has 2 aromatic carbocycles. The van der Waals surface area contributed by atoms with Crippen LogP contribution in [0.3, 0.4) is 0 Å². The summed E-state index contributed by atoms with van der Waals surface area (Å²) >= 11 is 0. The molecule has 5 nitrogen and oxygen atoms in total. The minimum Gasteiger partial charge on any atom is -0.327 e. The number of anilines is 1. The molecule has 3 amide bonds. The van der Waals surface area contributed by atoms with E-state index < -0.39 is 29.7 Å². The maximum absolute atomic E-state index is 13.0. The summed E-state index contributed by atoms with van der Waals surface area (Å²) in [6, 6.07) is 11.6. The molecule has 8 heteroatoms. The number of amides is 3. The van der Waals surface area contributed by atoms with E-state index in [2.05, 4.69) is 16.0 Å². The quantitative estimate of drug-likeness (QED) is 0.760. The largest absolute Gasteiger partial charge is 0.416 e. The third kappa shape index (κ3) is 4.11. The van der Waals surface area contributed by atoms with Gasteiger partial charge in [-0.1, -0.05) is 30.3 Å². The van der Waals surface area contributed by atoms with E-state index in [-0.39, 0.29) is 16.8 Å². The monoisotopic (exact) mass is 375 g/mol. The molecule has 0 aliphatic carbocycles. The van der Waals surface area contributed by atoms with Gasteiger partial charge in [0.15, 0.2) is 0 Å². The predicted octanol–water partition coefficient (Wildman–Crippen LogP) is 3.97. The first-order valence-electron chi connectivity index (χ1n) is 8.07. The second kappa shape index (κ2) is 7.14. The highest BCUT2D eigenvalue weighted by Gasteiger charge is 2.34. The Hall–Kier alpha value is -3.29. The van der Waals surface area contributed by atoms with Crippen LogP contribution in [0.25, 0.3) is 0 Å². The summed E-state index contributed by atoms with van der Waals surface area (Å²) in [4.78, 5) is 24.6. The fraction of sp³-hybridized carbons (Fsp3) is 0.158. The Balaban J connectivity index is 1.98.